The van der Waals surface area contributed by atoms with E-state index in [2.05, 4.69) is 15.6 Å². The molecule has 5 nitrogen and oxygen atoms in total. The molecule has 0 spiro atoms. The van der Waals surface area contributed by atoms with Gasteiger partial charge in [-0.3, -0.25) is 9.78 Å². The molecule has 0 saturated heterocycles. The van der Waals surface area contributed by atoms with Crippen LogP contribution in [0.15, 0.2) is 41.3 Å². The van der Waals surface area contributed by atoms with Gasteiger partial charge in [0.15, 0.2) is 0 Å². The van der Waals surface area contributed by atoms with Crippen molar-refractivity contribution >= 4 is 11.6 Å². The van der Waals surface area contributed by atoms with Gasteiger partial charge in [-0.15, -0.1) is 0 Å². The zero-order valence-corrected chi connectivity index (χ0v) is 11.7. The molecule has 0 bridgehead atoms. The smallest absolute Gasteiger partial charge is 0.255 e. The Balaban J connectivity index is 2.00. The molecule has 5 heteroatoms. The van der Waals surface area contributed by atoms with Crippen molar-refractivity contribution in [1.82, 2.24) is 10.3 Å². The van der Waals surface area contributed by atoms with E-state index < -0.39 is 0 Å². The van der Waals surface area contributed by atoms with Gasteiger partial charge in [0, 0.05) is 31.4 Å². The quantitative estimate of drug-likeness (QED) is 0.848. The van der Waals surface area contributed by atoms with Crippen LogP contribution in [0.5, 0.6) is 0 Å². The standard InChI is InChI=1S/C15H19N3O2/c1-3-17-14-6-7-16-10-13(14)15(19)18-11(2)9-12-5-4-8-20-12/h4-8,10-11H,3,9H2,1-2H3,(H,16,17)(H,18,19). The lowest BCUT2D eigenvalue weighted by molar-refractivity contribution is 0.0939. The number of carbonyl (C=O) groups excluding carboxylic acids is 1. The molecule has 1 unspecified atom stereocenters. The SMILES string of the molecule is CCNc1ccncc1C(=O)NC(C)Cc1ccco1. The third-order valence-corrected chi connectivity index (χ3v) is 2.90. The van der Waals surface area contributed by atoms with Gasteiger partial charge in [-0.05, 0) is 32.0 Å². The number of carbonyl (C=O) groups is 1. The maximum atomic E-state index is 12.3. The fourth-order valence-electron chi connectivity index (χ4n) is 2.00. The number of nitrogens with zero attached hydrogens (tertiary/aromatic N) is 1. The number of furan rings is 1. The summed E-state index contributed by atoms with van der Waals surface area (Å²) in [7, 11) is 0. The molecule has 0 fully saturated rings. The van der Waals surface area contributed by atoms with Gasteiger partial charge in [0.05, 0.1) is 17.5 Å². The first-order valence-electron chi connectivity index (χ1n) is 6.71. The predicted octanol–water partition coefficient (Wildman–Crippen LogP) is 2.47. The maximum absolute atomic E-state index is 12.3. The summed E-state index contributed by atoms with van der Waals surface area (Å²) < 4.78 is 5.28. The highest BCUT2D eigenvalue weighted by Crippen LogP contribution is 2.13. The van der Waals surface area contributed by atoms with E-state index in [-0.39, 0.29) is 11.9 Å². The van der Waals surface area contributed by atoms with Crippen molar-refractivity contribution in [3.8, 4) is 0 Å². The lowest BCUT2D eigenvalue weighted by atomic mass is 10.1. The summed E-state index contributed by atoms with van der Waals surface area (Å²) in [6.07, 6.45) is 5.54. The van der Waals surface area contributed by atoms with E-state index in [0.717, 1.165) is 18.0 Å². The molecule has 0 saturated carbocycles. The zero-order valence-electron chi connectivity index (χ0n) is 11.7. The minimum atomic E-state index is -0.131. The van der Waals surface area contributed by atoms with E-state index in [1.807, 2.05) is 26.0 Å². The van der Waals surface area contributed by atoms with Crippen LogP contribution in [0, 0.1) is 0 Å². The topological polar surface area (TPSA) is 67.2 Å². The Morgan fingerprint density at radius 2 is 2.30 bits per heavy atom. The van der Waals surface area contributed by atoms with Gasteiger partial charge in [0.2, 0.25) is 0 Å². The minimum Gasteiger partial charge on any atom is -0.469 e. The summed E-state index contributed by atoms with van der Waals surface area (Å²) in [6.45, 7) is 4.69. The summed E-state index contributed by atoms with van der Waals surface area (Å²) in [4.78, 5) is 16.3. The number of amides is 1. The molecular weight excluding hydrogens is 254 g/mol. The summed E-state index contributed by atoms with van der Waals surface area (Å²) in [6, 6.07) is 5.53. The van der Waals surface area contributed by atoms with Crippen LogP contribution in [0.25, 0.3) is 0 Å². The first kappa shape index (κ1) is 14.1. The van der Waals surface area contributed by atoms with Crippen LogP contribution in [-0.2, 0) is 6.42 Å². The Morgan fingerprint density at radius 1 is 1.45 bits per heavy atom. The first-order valence-corrected chi connectivity index (χ1v) is 6.71. The first-order chi connectivity index (χ1) is 9.70. The van der Waals surface area contributed by atoms with E-state index in [1.54, 1.807) is 24.7 Å². The lowest BCUT2D eigenvalue weighted by Crippen LogP contribution is -2.34. The molecule has 20 heavy (non-hydrogen) atoms. The number of hydrogen-bond acceptors (Lipinski definition) is 4. The van der Waals surface area contributed by atoms with Gasteiger partial charge in [-0.2, -0.15) is 0 Å². The summed E-state index contributed by atoms with van der Waals surface area (Å²) in [5, 5.41) is 6.11. The van der Waals surface area contributed by atoms with Crippen molar-refractivity contribution in [3.05, 3.63) is 48.2 Å². The van der Waals surface area contributed by atoms with Crippen LogP contribution in [0.1, 0.15) is 30.0 Å². The van der Waals surface area contributed by atoms with Gasteiger partial charge in [-0.1, -0.05) is 0 Å². The second-order valence-electron chi connectivity index (χ2n) is 4.61. The average Bonchev–Trinajstić information content (AvgIpc) is 2.92. The van der Waals surface area contributed by atoms with Crippen LogP contribution in [-0.4, -0.2) is 23.5 Å². The Labute approximate surface area is 118 Å². The predicted molar refractivity (Wildman–Crippen MR) is 77.7 cm³/mol. The largest absolute Gasteiger partial charge is 0.469 e. The molecule has 1 atom stereocenters. The van der Waals surface area contributed by atoms with E-state index in [1.165, 1.54) is 0 Å². The van der Waals surface area contributed by atoms with Crippen LogP contribution in [0.3, 0.4) is 0 Å². The number of pyridine rings is 1. The Hall–Kier alpha value is -2.30. The Bertz CT molecular complexity index is 552. The summed E-state index contributed by atoms with van der Waals surface area (Å²) >= 11 is 0. The molecule has 106 valence electrons. The molecule has 2 aromatic heterocycles. The molecule has 0 aromatic carbocycles. The van der Waals surface area contributed by atoms with E-state index in [4.69, 9.17) is 4.42 Å². The number of rotatable bonds is 6. The monoisotopic (exact) mass is 273 g/mol. The summed E-state index contributed by atoms with van der Waals surface area (Å²) in [5.74, 6) is 0.726. The molecule has 2 rings (SSSR count). The Kier molecular flexibility index (Phi) is 4.76. The van der Waals surface area contributed by atoms with Crippen LogP contribution < -0.4 is 10.6 Å². The minimum absolute atomic E-state index is 0.0108. The van der Waals surface area contributed by atoms with Crippen molar-refractivity contribution in [2.24, 2.45) is 0 Å². The molecule has 0 aliphatic carbocycles. The van der Waals surface area contributed by atoms with E-state index >= 15 is 0 Å². The van der Waals surface area contributed by atoms with Crippen LogP contribution in [0.4, 0.5) is 5.69 Å². The fraction of sp³-hybridized carbons (Fsp3) is 0.333. The Morgan fingerprint density at radius 3 is 3.00 bits per heavy atom. The third-order valence-electron chi connectivity index (χ3n) is 2.90. The highest BCUT2D eigenvalue weighted by molar-refractivity contribution is 5.99. The summed E-state index contributed by atoms with van der Waals surface area (Å²) in [5.41, 5.74) is 1.35. The second-order valence-corrected chi connectivity index (χ2v) is 4.61. The van der Waals surface area contributed by atoms with Gasteiger partial charge in [0.1, 0.15) is 5.76 Å². The highest BCUT2D eigenvalue weighted by atomic mass is 16.3. The molecular formula is C15H19N3O2. The number of aromatic nitrogens is 1. The zero-order chi connectivity index (χ0) is 14.4. The van der Waals surface area contributed by atoms with Crippen molar-refractivity contribution in [1.29, 1.82) is 0 Å². The fourth-order valence-corrected chi connectivity index (χ4v) is 2.00. The third kappa shape index (κ3) is 3.60. The molecule has 0 radical (unpaired) electrons. The van der Waals surface area contributed by atoms with Gasteiger partial charge in [0.25, 0.3) is 5.91 Å². The average molecular weight is 273 g/mol. The number of anilines is 1. The van der Waals surface area contributed by atoms with Crippen molar-refractivity contribution in [3.63, 3.8) is 0 Å². The van der Waals surface area contributed by atoms with Crippen LogP contribution in [0.2, 0.25) is 0 Å². The molecule has 0 aliphatic rings. The van der Waals surface area contributed by atoms with E-state index in [9.17, 15) is 4.79 Å². The van der Waals surface area contributed by atoms with Crippen molar-refractivity contribution in [2.75, 3.05) is 11.9 Å². The van der Waals surface area contributed by atoms with Gasteiger partial charge >= 0.3 is 0 Å². The lowest BCUT2D eigenvalue weighted by Gasteiger charge is -2.14. The van der Waals surface area contributed by atoms with Gasteiger partial charge < -0.3 is 15.1 Å². The molecule has 0 aliphatic heterocycles. The van der Waals surface area contributed by atoms with Crippen molar-refractivity contribution in [2.45, 2.75) is 26.3 Å². The number of nitrogens with one attached hydrogen (secondary N) is 2. The normalized spacial score (nSPS) is 11.9. The second kappa shape index (κ2) is 6.75. The van der Waals surface area contributed by atoms with Crippen LogP contribution >= 0.6 is 0 Å². The molecule has 1 amide bonds. The van der Waals surface area contributed by atoms with E-state index in [0.29, 0.717) is 12.0 Å². The molecule has 2 heterocycles. The van der Waals surface area contributed by atoms with Gasteiger partial charge in [-0.25, -0.2) is 0 Å². The molecule has 2 N–H and O–H groups in total. The number of hydrogen-bond donors (Lipinski definition) is 2. The molecule has 2 aromatic rings. The highest BCUT2D eigenvalue weighted by Gasteiger charge is 2.14. The maximum Gasteiger partial charge on any atom is 0.255 e. The van der Waals surface area contributed by atoms with Crippen molar-refractivity contribution < 1.29 is 9.21 Å².